The summed E-state index contributed by atoms with van der Waals surface area (Å²) in [4.78, 5) is 2.72. The van der Waals surface area contributed by atoms with E-state index in [1.54, 1.807) is 0 Å². The van der Waals surface area contributed by atoms with Gasteiger partial charge in [0, 0.05) is 24.8 Å². The van der Waals surface area contributed by atoms with Crippen molar-refractivity contribution in [1.82, 2.24) is 4.90 Å². The fourth-order valence-corrected chi connectivity index (χ4v) is 4.11. The van der Waals surface area contributed by atoms with E-state index in [0.29, 0.717) is 0 Å². The van der Waals surface area contributed by atoms with Crippen LogP contribution in [-0.2, 0) is 13.0 Å². The van der Waals surface area contributed by atoms with E-state index in [-0.39, 0.29) is 0 Å². The van der Waals surface area contributed by atoms with Gasteiger partial charge < -0.3 is 5.73 Å². The number of nitrogen functional groups attached to an aromatic ring is 1. The van der Waals surface area contributed by atoms with Crippen LogP contribution in [0, 0.1) is 11.8 Å². The third-order valence-electron chi connectivity index (χ3n) is 5.48. The standard InChI is InChI=1S/C18H28N2/c1-13(2)14-5-3-7-16(11-14)20-10-9-17-15(12-20)6-4-8-18(17)19/h4,6,8,13-14,16H,3,5,7,9-12,19H2,1-2H3. The average Bonchev–Trinajstić information content (AvgIpc) is 2.47. The molecule has 0 spiro atoms. The van der Waals surface area contributed by atoms with Crippen LogP contribution in [0.4, 0.5) is 5.69 Å². The second kappa shape index (κ2) is 5.77. The minimum atomic E-state index is 0.797. The van der Waals surface area contributed by atoms with E-state index >= 15 is 0 Å². The monoisotopic (exact) mass is 272 g/mol. The van der Waals surface area contributed by atoms with Gasteiger partial charge in [0.15, 0.2) is 0 Å². The Morgan fingerprint density at radius 2 is 2.10 bits per heavy atom. The molecule has 1 aliphatic carbocycles. The van der Waals surface area contributed by atoms with E-state index in [1.165, 1.54) is 43.4 Å². The zero-order valence-electron chi connectivity index (χ0n) is 12.9. The van der Waals surface area contributed by atoms with Crippen LogP contribution >= 0.6 is 0 Å². The van der Waals surface area contributed by atoms with Gasteiger partial charge in [0.05, 0.1) is 0 Å². The van der Waals surface area contributed by atoms with E-state index < -0.39 is 0 Å². The Labute approximate surface area is 123 Å². The molecule has 0 aromatic heterocycles. The maximum absolute atomic E-state index is 6.11. The van der Waals surface area contributed by atoms with Crippen molar-refractivity contribution in [3.8, 4) is 0 Å². The Morgan fingerprint density at radius 3 is 2.90 bits per heavy atom. The second-order valence-electron chi connectivity index (χ2n) is 7.03. The van der Waals surface area contributed by atoms with Gasteiger partial charge in [-0.3, -0.25) is 4.90 Å². The molecule has 2 aliphatic rings. The lowest BCUT2D eigenvalue weighted by atomic mass is 9.78. The van der Waals surface area contributed by atoms with Crippen molar-refractivity contribution in [1.29, 1.82) is 0 Å². The minimum Gasteiger partial charge on any atom is -0.398 e. The Kier molecular flexibility index (Phi) is 4.02. The number of nitrogens with two attached hydrogens (primary N) is 1. The first-order chi connectivity index (χ1) is 9.65. The SMILES string of the molecule is CC(C)C1CCCC(N2CCc3c(N)cccc3C2)C1. The molecule has 1 heterocycles. The normalized spacial score (nSPS) is 27.6. The first kappa shape index (κ1) is 13.9. The van der Waals surface area contributed by atoms with Crippen molar-refractivity contribution in [2.24, 2.45) is 11.8 Å². The van der Waals surface area contributed by atoms with Crippen molar-refractivity contribution < 1.29 is 0 Å². The van der Waals surface area contributed by atoms with Crippen LogP contribution in [-0.4, -0.2) is 17.5 Å². The van der Waals surface area contributed by atoms with Gasteiger partial charge in [0.2, 0.25) is 0 Å². The molecular formula is C18H28N2. The van der Waals surface area contributed by atoms with Crippen molar-refractivity contribution in [3.05, 3.63) is 29.3 Å². The quantitative estimate of drug-likeness (QED) is 0.829. The van der Waals surface area contributed by atoms with Crippen LogP contribution in [0.1, 0.15) is 50.7 Å². The number of fused-ring (bicyclic) bond motifs is 1. The van der Waals surface area contributed by atoms with E-state index in [4.69, 9.17) is 5.73 Å². The highest BCUT2D eigenvalue weighted by atomic mass is 15.2. The Balaban J connectivity index is 1.70. The lowest BCUT2D eigenvalue weighted by Crippen LogP contribution is -2.42. The molecule has 2 nitrogen and oxygen atoms in total. The molecule has 2 N–H and O–H groups in total. The summed E-state index contributed by atoms with van der Waals surface area (Å²) in [5, 5.41) is 0. The fourth-order valence-electron chi connectivity index (χ4n) is 4.11. The zero-order chi connectivity index (χ0) is 14.1. The van der Waals surface area contributed by atoms with E-state index in [0.717, 1.165) is 36.5 Å². The van der Waals surface area contributed by atoms with E-state index in [2.05, 4.69) is 30.9 Å². The molecule has 1 aromatic carbocycles. The molecule has 110 valence electrons. The third kappa shape index (κ3) is 2.71. The average molecular weight is 272 g/mol. The maximum atomic E-state index is 6.11. The number of nitrogens with zero attached hydrogens (tertiary/aromatic N) is 1. The number of rotatable bonds is 2. The Hall–Kier alpha value is -1.02. The Bertz CT molecular complexity index is 466. The molecular weight excluding hydrogens is 244 g/mol. The summed E-state index contributed by atoms with van der Waals surface area (Å²) >= 11 is 0. The highest BCUT2D eigenvalue weighted by molar-refractivity contribution is 5.51. The number of anilines is 1. The summed E-state index contributed by atoms with van der Waals surface area (Å²) in [6, 6.07) is 7.21. The van der Waals surface area contributed by atoms with Crippen LogP contribution in [0.5, 0.6) is 0 Å². The van der Waals surface area contributed by atoms with Crippen molar-refractivity contribution in [2.75, 3.05) is 12.3 Å². The van der Waals surface area contributed by atoms with Gasteiger partial charge in [-0.15, -0.1) is 0 Å². The summed E-state index contributed by atoms with van der Waals surface area (Å²) in [6.45, 7) is 7.07. The van der Waals surface area contributed by atoms with Crippen molar-refractivity contribution in [3.63, 3.8) is 0 Å². The molecule has 1 aliphatic heterocycles. The van der Waals surface area contributed by atoms with Gasteiger partial charge >= 0.3 is 0 Å². The molecule has 0 saturated heterocycles. The molecule has 0 amide bonds. The molecule has 2 atom stereocenters. The van der Waals surface area contributed by atoms with Gasteiger partial charge in [0.25, 0.3) is 0 Å². The molecule has 1 aromatic rings. The Morgan fingerprint density at radius 1 is 1.25 bits per heavy atom. The third-order valence-corrected chi connectivity index (χ3v) is 5.48. The van der Waals surface area contributed by atoms with Gasteiger partial charge in [-0.1, -0.05) is 38.8 Å². The van der Waals surface area contributed by atoms with E-state index in [1.807, 2.05) is 6.07 Å². The largest absolute Gasteiger partial charge is 0.398 e. The first-order valence-electron chi connectivity index (χ1n) is 8.25. The minimum absolute atomic E-state index is 0.797. The van der Waals surface area contributed by atoms with Crippen LogP contribution < -0.4 is 5.73 Å². The van der Waals surface area contributed by atoms with Gasteiger partial charge in [-0.05, 0) is 48.3 Å². The first-order valence-corrected chi connectivity index (χ1v) is 8.25. The van der Waals surface area contributed by atoms with Gasteiger partial charge in [-0.2, -0.15) is 0 Å². The second-order valence-corrected chi connectivity index (χ2v) is 7.03. The number of benzene rings is 1. The van der Waals surface area contributed by atoms with E-state index in [9.17, 15) is 0 Å². The van der Waals surface area contributed by atoms with Crippen LogP contribution in [0.2, 0.25) is 0 Å². The van der Waals surface area contributed by atoms with Crippen LogP contribution in [0.15, 0.2) is 18.2 Å². The lowest BCUT2D eigenvalue weighted by Gasteiger charge is -2.41. The van der Waals surface area contributed by atoms with Crippen molar-refractivity contribution >= 4 is 5.69 Å². The number of hydrogen-bond acceptors (Lipinski definition) is 2. The summed E-state index contributed by atoms with van der Waals surface area (Å²) in [6.07, 6.45) is 6.76. The molecule has 2 heteroatoms. The summed E-state index contributed by atoms with van der Waals surface area (Å²) in [7, 11) is 0. The van der Waals surface area contributed by atoms with Gasteiger partial charge in [0.1, 0.15) is 0 Å². The predicted octanol–water partition coefficient (Wildman–Crippen LogP) is 3.84. The molecule has 3 rings (SSSR count). The lowest BCUT2D eigenvalue weighted by molar-refractivity contribution is 0.103. The smallest absolute Gasteiger partial charge is 0.0350 e. The van der Waals surface area contributed by atoms with Crippen LogP contribution in [0.3, 0.4) is 0 Å². The molecule has 1 saturated carbocycles. The summed E-state index contributed by atoms with van der Waals surface area (Å²) in [5.41, 5.74) is 9.96. The molecule has 20 heavy (non-hydrogen) atoms. The van der Waals surface area contributed by atoms with Crippen molar-refractivity contribution in [2.45, 2.75) is 58.5 Å². The fraction of sp³-hybridized carbons (Fsp3) is 0.667. The summed E-state index contributed by atoms with van der Waals surface area (Å²) in [5.74, 6) is 1.77. The molecule has 2 unspecified atom stereocenters. The molecule has 0 bridgehead atoms. The predicted molar refractivity (Wildman–Crippen MR) is 85.6 cm³/mol. The highest BCUT2D eigenvalue weighted by Crippen LogP contribution is 2.35. The van der Waals surface area contributed by atoms with Gasteiger partial charge in [-0.25, -0.2) is 0 Å². The highest BCUT2D eigenvalue weighted by Gasteiger charge is 2.30. The topological polar surface area (TPSA) is 29.3 Å². The zero-order valence-corrected chi connectivity index (χ0v) is 12.9. The number of hydrogen-bond donors (Lipinski definition) is 1. The maximum Gasteiger partial charge on any atom is 0.0350 e. The van der Waals surface area contributed by atoms with Crippen LogP contribution in [0.25, 0.3) is 0 Å². The summed E-state index contributed by atoms with van der Waals surface area (Å²) < 4.78 is 0. The molecule has 1 fully saturated rings. The molecule has 0 radical (unpaired) electrons.